The van der Waals surface area contributed by atoms with E-state index in [9.17, 15) is 9.90 Å². The number of carbonyl (C=O) groups is 1. The summed E-state index contributed by atoms with van der Waals surface area (Å²) in [6.07, 6.45) is 2.44. The number of amides is 1. The standard InChI is InChI=1S/C20H18N2O3/c23-19(15-5-2-1-3-6-15)14-20(24)22-16-7-4-8-18(13-16)25-17-9-11-21-12-10-17/h1-13,19,23H,14H2,(H,22,24). The number of hydrogen-bond acceptors (Lipinski definition) is 4. The summed E-state index contributed by atoms with van der Waals surface area (Å²) in [6.45, 7) is 0. The van der Waals surface area contributed by atoms with E-state index < -0.39 is 6.10 Å². The number of nitrogens with zero attached hydrogens (tertiary/aromatic N) is 1. The lowest BCUT2D eigenvalue weighted by Crippen LogP contribution is -2.15. The molecule has 0 spiro atoms. The van der Waals surface area contributed by atoms with Gasteiger partial charge in [-0.2, -0.15) is 0 Å². The van der Waals surface area contributed by atoms with Crippen LogP contribution in [0.5, 0.6) is 11.5 Å². The molecule has 1 aromatic heterocycles. The molecule has 2 aromatic carbocycles. The smallest absolute Gasteiger partial charge is 0.227 e. The number of hydrogen-bond donors (Lipinski definition) is 2. The molecule has 0 aliphatic carbocycles. The van der Waals surface area contributed by atoms with Gasteiger partial charge in [0.1, 0.15) is 11.5 Å². The molecule has 0 saturated heterocycles. The van der Waals surface area contributed by atoms with Gasteiger partial charge in [0.15, 0.2) is 0 Å². The minimum Gasteiger partial charge on any atom is -0.457 e. The number of carbonyl (C=O) groups excluding carboxylic acids is 1. The van der Waals surface area contributed by atoms with Gasteiger partial charge in [0, 0.05) is 24.1 Å². The highest BCUT2D eigenvalue weighted by atomic mass is 16.5. The van der Waals surface area contributed by atoms with Gasteiger partial charge in [0.25, 0.3) is 0 Å². The van der Waals surface area contributed by atoms with Crippen LogP contribution in [0.2, 0.25) is 0 Å². The van der Waals surface area contributed by atoms with Crippen LogP contribution in [0, 0.1) is 0 Å². The Morgan fingerprint density at radius 3 is 2.52 bits per heavy atom. The second-order valence-corrected chi connectivity index (χ2v) is 5.49. The molecule has 2 N–H and O–H groups in total. The maximum absolute atomic E-state index is 12.1. The maximum Gasteiger partial charge on any atom is 0.227 e. The maximum atomic E-state index is 12.1. The van der Waals surface area contributed by atoms with Crippen molar-refractivity contribution in [2.45, 2.75) is 12.5 Å². The third-order valence-corrected chi connectivity index (χ3v) is 3.57. The lowest BCUT2D eigenvalue weighted by molar-refractivity contribution is -0.118. The number of ether oxygens (including phenoxy) is 1. The zero-order valence-corrected chi connectivity index (χ0v) is 13.5. The number of nitrogens with one attached hydrogen (secondary N) is 1. The first-order valence-electron chi connectivity index (χ1n) is 7.91. The minimum atomic E-state index is -0.836. The topological polar surface area (TPSA) is 71.5 Å². The summed E-state index contributed by atoms with van der Waals surface area (Å²) in [5.74, 6) is 1.00. The van der Waals surface area contributed by atoms with Gasteiger partial charge in [-0.25, -0.2) is 0 Å². The molecular weight excluding hydrogens is 316 g/mol. The molecular formula is C20H18N2O3. The van der Waals surface area contributed by atoms with Crippen LogP contribution >= 0.6 is 0 Å². The van der Waals surface area contributed by atoms with Gasteiger partial charge in [0.2, 0.25) is 5.91 Å². The summed E-state index contributed by atoms with van der Waals surface area (Å²) in [7, 11) is 0. The second-order valence-electron chi connectivity index (χ2n) is 5.49. The van der Waals surface area contributed by atoms with Crippen molar-refractivity contribution in [2.75, 3.05) is 5.32 Å². The van der Waals surface area contributed by atoms with Gasteiger partial charge in [-0.05, 0) is 29.8 Å². The van der Waals surface area contributed by atoms with Crippen LogP contribution in [-0.4, -0.2) is 16.0 Å². The molecule has 3 aromatic rings. The van der Waals surface area contributed by atoms with Crippen LogP contribution < -0.4 is 10.1 Å². The molecule has 0 fully saturated rings. The molecule has 1 heterocycles. The fourth-order valence-electron chi connectivity index (χ4n) is 2.36. The summed E-state index contributed by atoms with van der Waals surface area (Å²) in [6, 6.07) is 19.7. The van der Waals surface area contributed by atoms with E-state index in [0.29, 0.717) is 22.7 Å². The fraction of sp³-hybridized carbons (Fsp3) is 0.100. The Morgan fingerprint density at radius 2 is 1.76 bits per heavy atom. The van der Waals surface area contributed by atoms with Gasteiger partial charge in [0.05, 0.1) is 12.5 Å². The molecule has 0 aliphatic rings. The summed E-state index contributed by atoms with van der Waals surface area (Å²) < 4.78 is 5.71. The fourth-order valence-corrected chi connectivity index (χ4v) is 2.36. The van der Waals surface area contributed by atoms with Crippen LogP contribution in [0.1, 0.15) is 18.1 Å². The van der Waals surface area contributed by atoms with Crippen molar-refractivity contribution < 1.29 is 14.6 Å². The predicted octanol–water partition coefficient (Wildman–Crippen LogP) is 3.94. The molecule has 0 radical (unpaired) electrons. The van der Waals surface area contributed by atoms with Crippen LogP contribution in [0.3, 0.4) is 0 Å². The zero-order chi connectivity index (χ0) is 17.5. The van der Waals surface area contributed by atoms with Gasteiger partial charge in [-0.3, -0.25) is 9.78 Å². The molecule has 3 rings (SSSR count). The van der Waals surface area contributed by atoms with Crippen molar-refractivity contribution in [1.82, 2.24) is 4.98 Å². The van der Waals surface area contributed by atoms with Crippen molar-refractivity contribution in [2.24, 2.45) is 0 Å². The first kappa shape index (κ1) is 16.7. The van der Waals surface area contributed by atoms with E-state index in [1.165, 1.54) is 0 Å². The number of anilines is 1. The molecule has 0 saturated carbocycles. The summed E-state index contributed by atoms with van der Waals surface area (Å²) in [5.41, 5.74) is 1.32. The summed E-state index contributed by atoms with van der Waals surface area (Å²) in [5, 5.41) is 12.9. The third kappa shape index (κ3) is 4.89. The van der Waals surface area contributed by atoms with Gasteiger partial charge in [-0.15, -0.1) is 0 Å². The van der Waals surface area contributed by atoms with Crippen molar-refractivity contribution in [1.29, 1.82) is 0 Å². The molecule has 5 nitrogen and oxygen atoms in total. The summed E-state index contributed by atoms with van der Waals surface area (Å²) in [4.78, 5) is 16.1. The predicted molar refractivity (Wildman–Crippen MR) is 95.4 cm³/mol. The molecule has 126 valence electrons. The lowest BCUT2D eigenvalue weighted by Gasteiger charge is -2.12. The molecule has 1 unspecified atom stereocenters. The van der Waals surface area contributed by atoms with E-state index in [1.54, 1.807) is 60.9 Å². The lowest BCUT2D eigenvalue weighted by atomic mass is 10.1. The Balaban J connectivity index is 1.61. The van der Waals surface area contributed by atoms with Crippen molar-refractivity contribution in [3.05, 3.63) is 84.7 Å². The highest BCUT2D eigenvalue weighted by Gasteiger charge is 2.13. The Kier molecular flexibility index (Phi) is 5.39. The molecule has 5 heteroatoms. The van der Waals surface area contributed by atoms with E-state index in [4.69, 9.17) is 4.74 Å². The molecule has 1 amide bonds. The molecule has 0 aliphatic heterocycles. The zero-order valence-electron chi connectivity index (χ0n) is 13.5. The number of pyridine rings is 1. The number of benzene rings is 2. The Hall–Kier alpha value is -3.18. The number of aliphatic hydroxyl groups excluding tert-OH is 1. The van der Waals surface area contributed by atoms with E-state index in [0.717, 1.165) is 0 Å². The average molecular weight is 334 g/mol. The quantitative estimate of drug-likeness (QED) is 0.716. The monoisotopic (exact) mass is 334 g/mol. The highest BCUT2D eigenvalue weighted by Crippen LogP contribution is 2.24. The van der Waals surface area contributed by atoms with Crippen molar-refractivity contribution in [3.8, 4) is 11.5 Å². The third-order valence-electron chi connectivity index (χ3n) is 3.57. The molecule has 1 atom stereocenters. The van der Waals surface area contributed by atoms with Crippen LogP contribution in [0.25, 0.3) is 0 Å². The van der Waals surface area contributed by atoms with E-state index >= 15 is 0 Å². The van der Waals surface area contributed by atoms with Crippen LogP contribution in [0.4, 0.5) is 5.69 Å². The first-order valence-corrected chi connectivity index (χ1v) is 7.91. The van der Waals surface area contributed by atoms with E-state index in [1.807, 2.05) is 18.2 Å². The van der Waals surface area contributed by atoms with Crippen LogP contribution in [-0.2, 0) is 4.79 Å². The average Bonchev–Trinajstić information content (AvgIpc) is 2.63. The second kappa shape index (κ2) is 8.08. The van der Waals surface area contributed by atoms with Crippen molar-refractivity contribution >= 4 is 11.6 Å². The van der Waals surface area contributed by atoms with Crippen molar-refractivity contribution in [3.63, 3.8) is 0 Å². The van der Waals surface area contributed by atoms with E-state index in [2.05, 4.69) is 10.3 Å². The molecule has 25 heavy (non-hydrogen) atoms. The summed E-state index contributed by atoms with van der Waals surface area (Å²) >= 11 is 0. The van der Waals surface area contributed by atoms with Gasteiger partial charge < -0.3 is 15.2 Å². The highest BCUT2D eigenvalue weighted by molar-refractivity contribution is 5.91. The van der Waals surface area contributed by atoms with Gasteiger partial charge >= 0.3 is 0 Å². The Labute approximate surface area is 145 Å². The van der Waals surface area contributed by atoms with Gasteiger partial charge in [-0.1, -0.05) is 36.4 Å². The Bertz CT molecular complexity index is 823. The van der Waals surface area contributed by atoms with Crippen LogP contribution in [0.15, 0.2) is 79.1 Å². The number of rotatable bonds is 6. The SMILES string of the molecule is O=C(CC(O)c1ccccc1)Nc1cccc(Oc2ccncc2)c1. The number of aromatic nitrogens is 1. The minimum absolute atomic E-state index is 0.0144. The largest absolute Gasteiger partial charge is 0.457 e. The van der Waals surface area contributed by atoms with E-state index in [-0.39, 0.29) is 12.3 Å². The first-order chi connectivity index (χ1) is 12.2. The molecule has 0 bridgehead atoms. The number of aliphatic hydroxyl groups is 1. The normalized spacial score (nSPS) is 11.6. The Morgan fingerprint density at radius 1 is 1.00 bits per heavy atom.